The number of aliphatic hydroxyl groups is 1. The Morgan fingerprint density at radius 3 is 3.11 bits per heavy atom. The first-order valence-corrected chi connectivity index (χ1v) is 6.71. The lowest BCUT2D eigenvalue weighted by molar-refractivity contribution is 0.107. The molecule has 0 unspecified atom stereocenters. The summed E-state index contributed by atoms with van der Waals surface area (Å²) in [6, 6.07) is 6.18. The summed E-state index contributed by atoms with van der Waals surface area (Å²) in [4.78, 5) is 2.34. The Balaban J connectivity index is 0.00000133. The van der Waals surface area contributed by atoms with Crippen molar-refractivity contribution in [1.82, 2.24) is 5.32 Å². The maximum absolute atomic E-state index is 9.42. The molecule has 1 aromatic rings. The third-order valence-electron chi connectivity index (χ3n) is 3.63. The summed E-state index contributed by atoms with van der Waals surface area (Å²) in [5.74, 6) is 0.711. The predicted molar refractivity (Wildman–Crippen MR) is 78.8 cm³/mol. The first-order valence-electron chi connectivity index (χ1n) is 6.33. The molecule has 0 aliphatic carbocycles. The van der Waals surface area contributed by atoms with E-state index < -0.39 is 0 Å². The highest BCUT2D eigenvalue weighted by Crippen LogP contribution is 2.40. The Bertz CT molecular complexity index is 445. The van der Waals surface area contributed by atoms with Gasteiger partial charge in [0.05, 0.1) is 17.3 Å². The van der Waals surface area contributed by atoms with E-state index >= 15 is 0 Å². The summed E-state index contributed by atoms with van der Waals surface area (Å²) >= 11 is 6.22. The van der Waals surface area contributed by atoms with Crippen LogP contribution in [0.4, 0.5) is 5.69 Å². The number of benzene rings is 1. The van der Waals surface area contributed by atoms with Gasteiger partial charge in [-0.3, -0.25) is 0 Å². The fourth-order valence-electron chi connectivity index (χ4n) is 2.76. The number of hydrogen-bond donors (Lipinski definition) is 2. The number of hydrogen-bond acceptors (Lipinski definition) is 4. The molecule has 3 rings (SSSR count). The van der Waals surface area contributed by atoms with Gasteiger partial charge >= 0.3 is 0 Å². The van der Waals surface area contributed by atoms with E-state index in [1.165, 1.54) is 0 Å². The van der Waals surface area contributed by atoms with E-state index in [2.05, 4.69) is 10.2 Å². The smallest absolute Gasteiger partial charge is 0.161 e. The van der Waals surface area contributed by atoms with Gasteiger partial charge in [0.25, 0.3) is 0 Å². The monoisotopic (exact) mass is 304 g/mol. The van der Waals surface area contributed by atoms with Gasteiger partial charge in [0, 0.05) is 32.1 Å². The van der Waals surface area contributed by atoms with Gasteiger partial charge in [0.2, 0.25) is 0 Å². The van der Waals surface area contributed by atoms with Crippen LogP contribution in [0.15, 0.2) is 18.2 Å². The molecule has 0 aromatic heterocycles. The van der Waals surface area contributed by atoms with Crippen LogP contribution in [0.5, 0.6) is 5.75 Å². The summed E-state index contributed by atoms with van der Waals surface area (Å²) in [7, 11) is 0. The van der Waals surface area contributed by atoms with Gasteiger partial charge < -0.3 is 20.1 Å². The maximum atomic E-state index is 9.42. The highest BCUT2D eigenvalue weighted by atomic mass is 35.5. The van der Waals surface area contributed by atoms with Crippen molar-refractivity contribution in [2.24, 2.45) is 0 Å². The minimum absolute atomic E-state index is 0. The Hall–Kier alpha value is -0.680. The quantitative estimate of drug-likeness (QED) is 0.829. The predicted octanol–water partition coefficient (Wildman–Crippen LogP) is 1.68. The standard InChI is InChI=1S/C13H17ClN2O2.ClH/c14-11-2-1-3-12-13(11)18-10(8-17)6-9-7-15-4-5-16(9)12;/h1-3,9-10,15,17H,4-8H2;1H/t9-,10+;/m1./s1. The van der Waals surface area contributed by atoms with Gasteiger partial charge in [-0.25, -0.2) is 0 Å². The summed E-state index contributed by atoms with van der Waals surface area (Å²) < 4.78 is 5.88. The van der Waals surface area contributed by atoms with E-state index in [0.29, 0.717) is 16.8 Å². The van der Waals surface area contributed by atoms with Crippen LogP contribution in [-0.2, 0) is 0 Å². The SMILES string of the molecule is Cl.OC[C@@H]1C[C@@H]2CNCCN2c2cccc(Cl)c2O1. The lowest BCUT2D eigenvalue weighted by Gasteiger charge is -2.37. The molecule has 0 amide bonds. The maximum Gasteiger partial charge on any atom is 0.161 e. The number of aliphatic hydroxyl groups excluding tert-OH is 1. The molecule has 6 heteroatoms. The molecule has 19 heavy (non-hydrogen) atoms. The average molecular weight is 305 g/mol. The zero-order chi connectivity index (χ0) is 12.5. The first-order chi connectivity index (χ1) is 8.79. The molecule has 1 fully saturated rings. The molecule has 1 aromatic carbocycles. The van der Waals surface area contributed by atoms with Crippen molar-refractivity contribution in [3.05, 3.63) is 23.2 Å². The van der Waals surface area contributed by atoms with Crippen LogP contribution in [0.2, 0.25) is 5.02 Å². The molecule has 2 aliphatic heterocycles. The lowest BCUT2D eigenvalue weighted by Crippen LogP contribution is -2.52. The van der Waals surface area contributed by atoms with Crippen LogP contribution in [0.1, 0.15) is 6.42 Å². The van der Waals surface area contributed by atoms with Crippen LogP contribution in [0, 0.1) is 0 Å². The molecule has 1 saturated heterocycles. The van der Waals surface area contributed by atoms with Gasteiger partial charge in [0.1, 0.15) is 6.10 Å². The minimum Gasteiger partial charge on any atom is -0.484 e. The number of para-hydroxylation sites is 1. The fraction of sp³-hybridized carbons (Fsp3) is 0.538. The summed E-state index contributed by atoms with van der Waals surface area (Å²) in [5.41, 5.74) is 1.05. The second kappa shape index (κ2) is 6.18. The van der Waals surface area contributed by atoms with E-state index in [9.17, 15) is 5.11 Å². The van der Waals surface area contributed by atoms with Gasteiger partial charge in [0.15, 0.2) is 5.75 Å². The Labute approximate surface area is 124 Å². The second-order valence-electron chi connectivity index (χ2n) is 4.80. The van der Waals surface area contributed by atoms with Crippen molar-refractivity contribution in [3.8, 4) is 5.75 Å². The number of nitrogens with one attached hydrogen (secondary N) is 1. The molecule has 0 spiro atoms. The summed E-state index contributed by atoms with van der Waals surface area (Å²) in [6.45, 7) is 2.85. The van der Waals surface area contributed by atoms with Crippen molar-refractivity contribution in [2.45, 2.75) is 18.6 Å². The molecule has 4 nitrogen and oxygen atoms in total. The van der Waals surface area contributed by atoms with Crippen LogP contribution in [0.3, 0.4) is 0 Å². The normalized spacial score (nSPS) is 25.5. The summed E-state index contributed by atoms with van der Waals surface area (Å²) in [5, 5.41) is 13.4. The van der Waals surface area contributed by atoms with E-state index in [-0.39, 0.29) is 25.1 Å². The van der Waals surface area contributed by atoms with E-state index in [4.69, 9.17) is 16.3 Å². The lowest BCUT2D eigenvalue weighted by atomic mass is 10.1. The van der Waals surface area contributed by atoms with Gasteiger partial charge in [-0.05, 0) is 12.1 Å². The van der Waals surface area contributed by atoms with Crippen LogP contribution < -0.4 is 15.0 Å². The zero-order valence-electron chi connectivity index (χ0n) is 10.5. The van der Waals surface area contributed by atoms with Crippen LogP contribution in [-0.4, -0.2) is 43.5 Å². The fourth-order valence-corrected chi connectivity index (χ4v) is 2.97. The molecule has 2 N–H and O–H groups in total. The van der Waals surface area contributed by atoms with E-state index in [1.807, 2.05) is 18.2 Å². The van der Waals surface area contributed by atoms with Gasteiger partial charge in [-0.15, -0.1) is 12.4 Å². The number of halogens is 2. The van der Waals surface area contributed by atoms with Crippen molar-refractivity contribution >= 4 is 29.7 Å². The Morgan fingerprint density at radius 1 is 1.47 bits per heavy atom. The number of fused-ring (bicyclic) bond motifs is 3. The molecule has 0 saturated carbocycles. The van der Waals surface area contributed by atoms with Crippen molar-refractivity contribution in [2.75, 3.05) is 31.1 Å². The number of piperazine rings is 1. The highest BCUT2D eigenvalue weighted by molar-refractivity contribution is 6.32. The molecule has 2 heterocycles. The number of nitrogens with zero attached hydrogens (tertiary/aromatic N) is 1. The van der Waals surface area contributed by atoms with E-state index in [1.54, 1.807) is 0 Å². The van der Waals surface area contributed by atoms with Gasteiger partial charge in [-0.2, -0.15) is 0 Å². The molecule has 2 atom stereocenters. The molecule has 106 valence electrons. The Kier molecular flexibility index (Phi) is 4.79. The second-order valence-corrected chi connectivity index (χ2v) is 5.20. The molecular formula is C13H18Cl2N2O2. The molecule has 0 bridgehead atoms. The molecule has 2 aliphatic rings. The molecular weight excluding hydrogens is 287 g/mol. The number of rotatable bonds is 1. The molecule has 0 radical (unpaired) electrons. The van der Waals surface area contributed by atoms with E-state index in [0.717, 1.165) is 31.7 Å². The van der Waals surface area contributed by atoms with Crippen LogP contribution in [0.25, 0.3) is 0 Å². The minimum atomic E-state index is -0.182. The van der Waals surface area contributed by atoms with Crippen molar-refractivity contribution in [3.63, 3.8) is 0 Å². The van der Waals surface area contributed by atoms with Gasteiger partial charge in [-0.1, -0.05) is 17.7 Å². The Morgan fingerprint density at radius 2 is 2.32 bits per heavy atom. The largest absolute Gasteiger partial charge is 0.484 e. The summed E-state index contributed by atoms with van der Waals surface area (Å²) in [6.07, 6.45) is 0.632. The van der Waals surface area contributed by atoms with Crippen molar-refractivity contribution < 1.29 is 9.84 Å². The third-order valence-corrected chi connectivity index (χ3v) is 3.93. The highest BCUT2D eigenvalue weighted by Gasteiger charge is 2.32. The number of ether oxygens (including phenoxy) is 1. The average Bonchev–Trinajstić information content (AvgIpc) is 2.56. The van der Waals surface area contributed by atoms with Crippen molar-refractivity contribution in [1.29, 1.82) is 0 Å². The first kappa shape index (κ1) is 14.7. The third kappa shape index (κ3) is 2.77. The van der Waals surface area contributed by atoms with Crippen LogP contribution >= 0.6 is 24.0 Å². The topological polar surface area (TPSA) is 44.7 Å². The number of anilines is 1. The zero-order valence-corrected chi connectivity index (χ0v) is 12.1.